The monoisotopic (exact) mass is 266 g/mol. The molecule has 1 aromatic carbocycles. The molecule has 0 radical (unpaired) electrons. The molecule has 0 amide bonds. The van der Waals surface area contributed by atoms with Crippen molar-refractivity contribution in [3.63, 3.8) is 0 Å². The van der Waals surface area contributed by atoms with Crippen LogP contribution in [0.4, 0.5) is 4.39 Å². The highest BCUT2D eigenvalue weighted by Gasteiger charge is 2.16. The third-order valence-corrected chi connectivity index (χ3v) is 3.74. The van der Waals surface area contributed by atoms with Gasteiger partial charge in [-0.2, -0.15) is 0 Å². The number of hydrogen-bond donors (Lipinski definition) is 1. The molecule has 19 heavy (non-hydrogen) atoms. The Labute approximate surface area is 114 Å². The molecule has 1 aromatic rings. The first-order valence-electron chi connectivity index (χ1n) is 6.92. The average Bonchev–Trinajstić information content (AvgIpc) is 2.40. The highest BCUT2D eigenvalue weighted by molar-refractivity contribution is 5.27. The number of ether oxygens (including phenoxy) is 1. The first kappa shape index (κ1) is 14.4. The molecule has 0 saturated carbocycles. The highest BCUT2D eigenvalue weighted by atomic mass is 19.1. The van der Waals surface area contributed by atoms with Gasteiger partial charge in [-0.1, -0.05) is 6.07 Å². The Kier molecular flexibility index (Phi) is 5.31. The quantitative estimate of drug-likeness (QED) is 0.887. The van der Waals surface area contributed by atoms with Gasteiger partial charge in [0.05, 0.1) is 0 Å². The predicted octanol–water partition coefficient (Wildman–Crippen LogP) is 2.14. The van der Waals surface area contributed by atoms with Crippen LogP contribution in [0.3, 0.4) is 0 Å². The second-order valence-electron chi connectivity index (χ2n) is 5.37. The van der Waals surface area contributed by atoms with Crippen molar-refractivity contribution >= 4 is 0 Å². The third-order valence-electron chi connectivity index (χ3n) is 3.74. The summed E-state index contributed by atoms with van der Waals surface area (Å²) in [5, 5.41) is 0. The van der Waals surface area contributed by atoms with Crippen LogP contribution >= 0.6 is 0 Å². The molecular weight excluding hydrogens is 243 g/mol. The van der Waals surface area contributed by atoms with Crippen LogP contribution in [0.5, 0.6) is 0 Å². The van der Waals surface area contributed by atoms with E-state index in [1.54, 1.807) is 12.1 Å². The first-order valence-corrected chi connectivity index (χ1v) is 6.92. The number of hydrogen-bond acceptors (Lipinski definition) is 3. The summed E-state index contributed by atoms with van der Waals surface area (Å²) in [7, 11) is 2.08. The van der Waals surface area contributed by atoms with Gasteiger partial charge in [-0.15, -0.1) is 0 Å². The Morgan fingerprint density at radius 1 is 1.32 bits per heavy atom. The summed E-state index contributed by atoms with van der Waals surface area (Å²) in [5.74, 6) is 0.500. The summed E-state index contributed by atoms with van der Waals surface area (Å²) in [4.78, 5) is 2.25. The van der Waals surface area contributed by atoms with Gasteiger partial charge in [-0.25, -0.2) is 4.39 Å². The Hall–Kier alpha value is -0.970. The van der Waals surface area contributed by atoms with Crippen molar-refractivity contribution in [1.29, 1.82) is 0 Å². The fourth-order valence-corrected chi connectivity index (χ4v) is 2.67. The summed E-state index contributed by atoms with van der Waals surface area (Å²) in [5.41, 5.74) is 7.73. The van der Waals surface area contributed by atoms with E-state index in [4.69, 9.17) is 10.5 Å². The van der Waals surface area contributed by atoms with Gasteiger partial charge in [-0.3, -0.25) is 0 Å². The SMILES string of the molecule is CN(Cc1cc(F)ccc1CN)CC1CCOCC1. The molecule has 1 saturated heterocycles. The van der Waals surface area contributed by atoms with E-state index in [0.29, 0.717) is 12.5 Å². The molecule has 4 heteroatoms. The number of halogens is 1. The molecule has 0 bridgehead atoms. The van der Waals surface area contributed by atoms with Crippen LogP contribution in [0.2, 0.25) is 0 Å². The Morgan fingerprint density at radius 3 is 2.74 bits per heavy atom. The average molecular weight is 266 g/mol. The topological polar surface area (TPSA) is 38.5 Å². The molecule has 0 unspecified atom stereocenters. The molecule has 1 aliphatic heterocycles. The van der Waals surface area contributed by atoms with E-state index in [1.807, 2.05) is 0 Å². The van der Waals surface area contributed by atoms with Crippen LogP contribution in [-0.2, 0) is 17.8 Å². The van der Waals surface area contributed by atoms with Gasteiger partial charge in [0.1, 0.15) is 5.82 Å². The standard InChI is InChI=1S/C15H23FN2O/c1-18(10-12-4-6-19-7-5-12)11-14-8-15(16)3-2-13(14)9-17/h2-3,8,12H,4-7,9-11,17H2,1H3. The second-order valence-corrected chi connectivity index (χ2v) is 5.37. The summed E-state index contributed by atoms with van der Waals surface area (Å²) >= 11 is 0. The van der Waals surface area contributed by atoms with Crippen molar-refractivity contribution in [1.82, 2.24) is 4.90 Å². The number of nitrogens with zero attached hydrogens (tertiary/aromatic N) is 1. The maximum Gasteiger partial charge on any atom is 0.123 e. The minimum Gasteiger partial charge on any atom is -0.381 e. The van der Waals surface area contributed by atoms with Crippen molar-refractivity contribution in [3.8, 4) is 0 Å². The van der Waals surface area contributed by atoms with Crippen LogP contribution in [0.1, 0.15) is 24.0 Å². The molecule has 0 aromatic heterocycles. The molecule has 1 aliphatic rings. The van der Waals surface area contributed by atoms with Gasteiger partial charge in [0.2, 0.25) is 0 Å². The summed E-state index contributed by atoms with van der Waals surface area (Å²) in [6.07, 6.45) is 2.24. The van der Waals surface area contributed by atoms with Crippen molar-refractivity contribution in [2.24, 2.45) is 11.7 Å². The molecule has 1 fully saturated rings. The van der Waals surface area contributed by atoms with E-state index in [9.17, 15) is 4.39 Å². The third kappa shape index (κ3) is 4.27. The number of nitrogens with two attached hydrogens (primary N) is 1. The highest BCUT2D eigenvalue weighted by Crippen LogP contribution is 2.18. The molecule has 0 spiro atoms. The zero-order chi connectivity index (χ0) is 13.7. The number of rotatable bonds is 5. The number of benzene rings is 1. The minimum atomic E-state index is -0.188. The van der Waals surface area contributed by atoms with Crippen LogP contribution < -0.4 is 5.73 Å². The van der Waals surface area contributed by atoms with E-state index in [1.165, 1.54) is 6.07 Å². The maximum atomic E-state index is 13.3. The first-order chi connectivity index (χ1) is 9.19. The summed E-state index contributed by atoms with van der Waals surface area (Å²) in [6, 6.07) is 4.86. The molecule has 0 aliphatic carbocycles. The Morgan fingerprint density at radius 2 is 2.05 bits per heavy atom. The van der Waals surface area contributed by atoms with Gasteiger partial charge in [0.25, 0.3) is 0 Å². The van der Waals surface area contributed by atoms with Crippen molar-refractivity contribution < 1.29 is 9.13 Å². The van der Waals surface area contributed by atoms with Gasteiger partial charge in [0, 0.05) is 32.8 Å². The second kappa shape index (κ2) is 6.98. The van der Waals surface area contributed by atoms with Crippen LogP contribution in [0.25, 0.3) is 0 Å². The van der Waals surface area contributed by atoms with Gasteiger partial charge in [0.15, 0.2) is 0 Å². The van der Waals surface area contributed by atoms with Crippen LogP contribution in [0, 0.1) is 11.7 Å². The van der Waals surface area contributed by atoms with Gasteiger partial charge < -0.3 is 15.4 Å². The smallest absolute Gasteiger partial charge is 0.123 e. The molecule has 3 nitrogen and oxygen atoms in total. The largest absolute Gasteiger partial charge is 0.381 e. The Balaban J connectivity index is 1.93. The van der Waals surface area contributed by atoms with E-state index in [-0.39, 0.29) is 5.82 Å². The molecule has 0 atom stereocenters. The lowest BCUT2D eigenvalue weighted by Crippen LogP contribution is -2.29. The molecule has 2 rings (SSSR count). The molecular formula is C15H23FN2O. The lowest BCUT2D eigenvalue weighted by molar-refractivity contribution is 0.0549. The van der Waals surface area contributed by atoms with Crippen molar-refractivity contribution in [3.05, 3.63) is 35.1 Å². The molecule has 106 valence electrons. The molecule has 2 N–H and O–H groups in total. The van der Waals surface area contributed by atoms with Crippen molar-refractivity contribution in [2.75, 3.05) is 26.8 Å². The van der Waals surface area contributed by atoms with Gasteiger partial charge >= 0.3 is 0 Å². The lowest BCUT2D eigenvalue weighted by atomic mass is 9.99. The normalized spacial score (nSPS) is 17.1. The lowest BCUT2D eigenvalue weighted by Gasteiger charge is -2.27. The maximum absolute atomic E-state index is 13.3. The van der Waals surface area contributed by atoms with E-state index < -0.39 is 0 Å². The minimum absolute atomic E-state index is 0.188. The fourth-order valence-electron chi connectivity index (χ4n) is 2.67. The van der Waals surface area contributed by atoms with Gasteiger partial charge in [-0.05, 0) is 49.1 Å². The van der Waals surface area contributed by atoms with E-state index >= 15 is 0 Å². The summed E-state index contributed by atoms with van der Waals surface area (Å²) < 4.78 is 18.7. The van der Waals surface area contributed by atoms with Crippen molar-refractivity contribution in [2.45, 2.75) is 25.9 Å². The van der Waals surface area contributed by atoms with E-state index in [0.717, 1.165) is 50.3 Å². The van der Waals surface area contributed by atoms with Crippen LogP contribution in [-0.4, -0.2) is 31.7 Å². The zero-order valence-electron chi connectivity index (χ0n) is 11.6. The van der Waals surface area contributed by atoms with Crippen LogP contribution in [0.15, 0.2) is 18.2 Å². The Bertz CT molecular complexity index is 405. The predicted molar refractivity (Wildman–Crippen MR) is 74.2 cm³/mol. The zero-order valence-corrected chi connectivity index (χ0v) is 11.6. The fraction of sp³-hybridized carbons (Fsp3) is 0.600. The van der Waals surface area contributed by atoms with E-state index in [2.05, 4.69) is 11.9 Å². The summed E-state index contributed by atoms with van der Waals surface area (Å²) in [6.45, 7) is 3.98. The molecule has 1 heterocycles.